The van der Waals surface area contributed by atoms with Gasteiger partial charge in [0.15, 0.2) is 0 Å². The van der Waals surface area contributed by atoms with E-state index in [0.29, 0.717) is 43.4 Å². The quantitative estimate of drug-likeness (QED) is 0.197. The van der Waals surface area contributed by atoms with Gasteiger partial charge in [-0.25, -0.2) is 5.43 Å². The number of hydrogen-bond acceptors (Lipinski definition) is 4. The summed E-state index contributed by atoms with van der Waals surface area (Å²) < 4.78 is 5.91. The molecule has 0 aliphatic carbocycles. The fourth-order valence-electron chi connectivity index (χ4n) is 3.34. The normalized spacial score (nSPS) is 12.0. The van der Waals surface area contributed by atoms with Crippen LogP contribution in [-0.4, -0.2) is 24.1 Å². The van der Waals surface area contributed by atoms with E-state index >= 15 is 0 Å². The highest BCUT2D eigenvalue weighted by Gasteiger charge is 2.22. The third-order valence-corrected chi connectivity index (χ3v) is 6.26. The van der Waals surface area contributed by atoms with Crippen LogP contribution in [0.2, 0.25) is 20.1 Å². The molecule has 1 unspecified atom stereocenters. The Morgan fingerprint density at radius 3 is 2.24 bits per heavy atom. The predicted molar refractivity (Wildman–Crippen MR) is 150 cm³/mol. The summed E-state index contributed by atoms with van der Waals surface area (Å²) in [6.07, 6.45) is 1.85. The fraction of sp³-hybridized carbons (Fsp3) is 0.222. The number of carbonyl (C=O) groups excluding carboxylic acids is 2. The summed E-state index contributed by atoms with van der Waals surface area (Å²) in [4.78, 5) is 25.5. The summed E-state index contributed by atoms with van der Waals surface area (Å²) in [5.74, 6) is -0.196. The summed E-state index contributed by atoms with van der Waals surface area (Å²) >= 11 is 24.2. The van der Waals surface area contributed by atoms with Gasteiger partial charge in [0.05, 0.1) is 6.21 Å². The molecule has 3 rings (SSSR count). The Kier molecular flexibility index (Phi) is 10.6. The number of nitrogens with zero attached hydrogens (tertiary/aromatic N) is 1. The van der Waals surface area contributed by atoms with Crippen molar-refractivity contribution in [3.8, 4) is 5.75 Å². The SMILES string of the molecule is CC(C)CC(NC(=O)c1ccc(Cl)cc1)C(=O)N/N=C/c1cc(Cl)ccc1OCc1ccc(Cl)cc1Cl. The van der Waals surface area contributed by atoms with Gasteiger partial charge >= 0.3 is 0 Å². The van der Waals surface area contributed by atoms with E-state index in [-0.39, 0.29) is 18.4 Å². The van der Waals surface area contributed by atoms with Gasteiger partial charge in [0.2, 0.25) is 0 Å². The molecule has 0 bridgehead atoms. The van der Waals surface area contributed by atoms with Crippen LogP contribution in [0.3, 0.4) is 0 Å². The van der Waals surface area contributed by atoms with Gasteiger partial charge in [0.1, 0.15) is 18.4 Å². The van der Waals surface area contributed by atoms with Gasteiger partial charge in [0.25, 0.3) is 11.8 Å². The minimum atomic E-state index is -0.789. The summed E-state index contributed by atoms with van der Waals surface area (Å²) in [6, 6.07) is 15.8. The van der Waals surface area contributed by atoms with E-state index in [9.17, 15) is 9.59 Å². The van der Waals surface area contributed by atoms with Gasteiger partial charge in [0, 0.05) is 36.8 Å². The number of hydrogen-bond donors (Lipinski definition) is 2. The maximum Gasteiger partial charge on any atom is 0.262 e. The molecule has 1 atom stereocenters. The molecule has 0 aromatic heterocycles. The van der Waals surface area contributed by atoms with Crippen LogP contribution < -0.4 is 15.5 Å². The number of nitrogens with one attached hydrogen (secondary N) is 2. The van der Waals surface area contributed by atoms with Gasteiger partial charge in [-0.3, -0.25) is 9.59 Å². The van der Waals surface area contributed by atoms with E-state index < -0.39 is 11.9 Å². The highest BCUT2D eigenvalue weighted by molar-refractivity contribution is 6.35. The van der Waals surface area contributed by atoms with Crippen LogP contribution in [0.15, 0.2) is 65.8 Å². The summed E-state index contributed by atoms with van der Waals surface area (Å²) in [5.41, 5.74) is 4.20. The molecule has 10 heteroatoms. The summed E-state index contributed by atoms with van der Waals surface area (Å²) in [6.45, 7) is 4.11. The standard InChI is InChI=1S/C27H25Cl4N3O3/c1-16(2)11-24(33-26(35)17-3-6-20(28)7-4-17)27(36)34-32-14-19-12-21(29)9-10-25(19)37-15-18-5-8-22(30)13-23(18)31/h3-10,12-14,16,24H,11,15H2,1-2H3,(H,33,35)(H,34,36)/b32-14+. The van der Waals surface area contributed by atoms with E-state index in [0.717, 1.165) is 5.56 Å². The highest BCUT2D eigenvalue weighted by atomic mass is 35.5. The average Bonchev–Trinajstić information content (AvgIpc) is 2.84. The van der Waals surface area contributed by atoms with Crippen LogP contribution in [0.4, 0.5) is 0 Å². The second-order valence-corrected chi connectivity index (χ2v) is 10.3. The van der Waals surface area contributed by atoms with Crippen LogP contribution in [0, 0.1) is 5.92 Å². The van der Waals surface area contributed by atoms with Crippen LogP contribution in [0.1, 0.15) is 41.8 Å². The van der Waals surface area contributed by atoms with Crippen LogP contribution in [-0.2, 0) is 11.4 Å². The van der Waals surface area contributed by atoms with Crippen molar-refractivity contribution in [1.82, 2.24) is 10.7 Å². The molecule has 2 amide bonds. The van der Waals surface area contributed by atoms with E-state index in [1.807, 2.05) is 13.8 Å². The highest BCUT2D eigenvalue weighted by Crippen LogP contribution is 2.25. The van der Waals surface area contributed by atoms with E-state index in [4.69, 9.17) is 51.1 Å². The Morgan fingerprint density at radius 2 is 1.57 bits per heavy atom. The maximum absolute atomic E-state index is 12.9. The van der Waals surface area contributed by atoms with Crippen molar-refractivity contribution in [3.05, 3.63) is 97.4 Å². The monoisotopic (exact) mass is 579 g/mol. The molecule has 0 fully saturated rings. The molecule has 0 saturated carbocycles. The zero-order chi connectivity index (χ0) is 26.9. The number of benzene rings is 3. The maximum atomic E-state index is 12.9. The lowest BCUT2D eigenvalue weighted by Gasteiger charge is -2.19. The summed E-state index contributed by atoms with van der Waals surface area (Å²) in [5, 5.41) is 8.84. The van der Waals surface area contributed by atoms with Gasteiger partial charge in [-0.15, -0.1) is 0 Å². The van der Waals surface area contributed by atoms with Crippen LogP contribution in [0.25, 0.3) is 0 Å². The van der Waals surface area contributed by atoms with Crippen molar-refractivity contribution in [2.24, 2.45) is 11.0 Å². The first-order valence-electron chi connectivity index (χ1n) is 11.4. The molecule has 0 aliphatic heterocycles. The molecular weight excluding hydrogens is 556 g/mol. The Labute approximate surface area is 235 Å². The minimum absolute atomic E-state index is 0.151. The van der Waals surface area contributed by atoms with Crippen molar-refractivity contribution in [1.29, 1.82) is 0 Å². The number of ether oxygens (including phenoxy) is 1. The van der Waals surface area contributed by atoms with Gasteiger partial charge in [-0.1, -0.05) is 66.3 Å². The second-order valence-electron chi connectivity index (χ2n) is 8.60. The smallest absolute Gasteiger partial charge is 0.262 e. The zero-order valence-electron chi connectivity index (χ0n) is 20.1. The fourth-order valence-corrected chi connectivity index (χ4v) is 4.10. The molecule has 194 valence electrons. The first-order chi connectivity index (χ1) is 17.6. The van der Waals surface area contributed by atoms with Gasteiger partial charge < -0.3 is 10.1 Å². The third kappa shape index (κ3) is 8.93. The van der Waals surface area contributed by atoms with Gasteiger partial charge in [-0.05, 0) is 66.9 Å². The average molecular weight is 581 g/mol. The molecule has 2 N–H and O–H groups in total. The topological polar surface area (TPSA) is 79.8 Å². The van der Waals surface area contributed by atoms with E-state index in [1.165, 1.54) is 6.21 Å². The van der Waals surface area contributed by atoms with E-state index in [2.05, 4.69) is 15.8 Å². The number of rotatable bonds is 10. The second kappa shape index (κ2) is 13.7. The summed E-state index contributed by atoms with van der Waals surface area (Å²) in [7, 11) is 0. The molecule has 0 spiro atoms. The lowest BCUT2D eigenvalue weighted by Crippen LogP contribution is -2.46. The first-order valence-corrected chi connectivity index (χ1v) is 12.9. The molecule has 0 heterocycles. The van der Waals surface area contributed by atoms with Gasteiger partial charge in [-0.2, -0.15) is 5.10 Å². The largest absolute Gasteiger partial charge is 0.488 e. The lowest BCUT2D eigenvalue weighted by atomic mass is 10.0. The zero-order valence-corrected chi connectivity index (χ0v) is 23.1. The molecular formula is C27H25Cl4N3O3. The van der Waals surface area contributed by atoms with Crippen molar-refractivity contribution >= 4 is 64.4 Å². The Balaban J connectivity index is 1.68. The minimum Gasteiger partial charge on any atom is -0.488 e. The Bertz CT molecular complexity index is 1280. The molecule has 37 heavy (non-hydrogen) atoms. The first kappa shape index (κ1) is 28.8. The molecule has 3 aromatic rings. The number of carbonyl (C=O) groups is 2. The molecule has 0 saturated heterocycles. The predicted octanol–water partition coefficient (Wildman–Crippen LogP) is 7.17. The molecule has 0 radical (unpaired) electrons. The Hall–Kier alpha value is -2.77. The van der Waals surface area contributed by atoms with Crippen molar-refractivity contribution in [3.63, 3.8) is 0 Å². The number of amides is 2. The van der Waals surface area contributed by atoms with E-state index in [1.54, 1.807) is 60.7 Å². The van der Waals surface area contributed by atoms with Crippen molar-refractivity contribution < 1.29 is 14.3 Å². The van der Waals surface area contributed by atoms with Crippen LogP contribution >= 0.6 is 46.4 Å². The third-order valence-electron chi connectivity index (χ3n) is 5.18. The Morgan fingerprint density at radius 1 is 0.919 bits per heavy atom. The number of halogens is 4. The number of hydrazone groups is 1. The lowest BCUT2D eigenvalue weighted by molar-refractivity contribution is -0.123. The van der Waals surface area contributed by atoms with Crippen LogP contribution in [0.5, 0.6) is 5.75 Å². The van der Waals surface area contributed by atoms with Crippen molar-refractivity contribution in [2.45, 2.75) is 32.9 Å². The molecule has 3 aromatic carbocycles. The molecule has 0 aliphatic rings. The molecule has 6 nitrogen and oxygen atoms in total. The van der Waals surface area contributed by atoms with Crippen molar-refractivity contribution in [2.75, 3.05) is 0 Å².